The van der Waals surface area contributed by atoms with E-state index in [0.29, 0.717) is 30.5 Å². The van der Waals surface area contributed by atoms with E-state index in [2.05, 4.69) is 46.6 Å². The first-order chi connectivity index (χ1) is 11.6. The van der Waals surface area contributed by atoms with Gasteiger partial charge in [0.25, 0.3) is 5.91 Å². The summed E-state index contributed by atoms with van der Waals surface area (Å²) < 4.78 is 0. The molecule has 0 atom stereocenters. The van der Waals surface area contributed by atoms with Crippen molar-refractivity contribution >= 4 is 17.6 Å². The number of pyridine rings is 1. The molecule has 0 fully saturated rings. The molecular formula is C18H23N5O. The Morgan fingerprint density at radius 3 is 2.83 bits per heavy atom. The molecule has 0 spiro atoms. The number of nitrogens with zero attached hydrogens (tertiary/aromatic N) is 2. The zero-order chi connectivity index (χ0) is 17.4. The molecule has 0 radical (unpaired) electrons. The molecule has 0 bridgehead atoms. The molecule has 1 aromatic heterocycles. The molecule has 24 heavy (non-hydrogen) atoms. The fourth-order valence-corrected chi connectivity index (χ4v) is 2.11. The van der Waals surface area contributed by atoms with Crippen molar-refractivity contribution in [3.8, 4) is 0 Å². The van der Waals surface area contributed by atoms with Gasteiger partial charge in [0.1, 0.15) is 0 Å². The van der Waals surface area contributed by atoms with Crippen LogP contribution in [0.2, 0.25) is 0 Å². The van der Waals surface area contributed by atoms with E-state index in [0.717, 1.165) is 5.69 Å². The zero-order valence-corrected chi connectivity index (χ0v) is 14.0. The van der Waals surface area contributed by atoms with Crippen LogP contribution in [0.25, 0.3) is 0 Å². The minimum Gasteiger partial charge on any atom is -0.370 e. The molecule has 0 aliphatic heterocycles. The van der Waals surface area contributed by atoms with Crippen LogP contribution in [-0.4, -0.2) is 29.9 Å². The van der Waals surface area contributed by atoms with Crippen molar-refractivity contribution in [3.63, 3.8) is 0 Å². The van der Waals surface area contributed by atoms with Crippen LogP contribution in [-0.2, 0) is 0 Å². The summed E-state index contributed by atoms with van der Waals surface area (Å²) in [5, 5.41) is 5.83. The van der Waals surface area contributed by atoms with E-state index in [1.807, 2.05) is 12.1 Å². The predicted octanol–water partition coefficient (Wildman–Crippen LogP) is 2.36. The Hall–Kier alpha value is -2.89. The molecule has 126 valence electrons. The van der Waals surface area contributed by atoms with Crippen LogP contribution >= 0.6 is 0 Å². The number of carbonyl (C=O) groups excluding carboxylic acids is 1. The smallest absolute Gasteiger partial charge is 0.252 e. The van der Waals surface area contributed by atoms with E-state index in [9.17, 15) is 4.79 Å². The Morgan fingerprint density at radius 1 is 1.29 bits per heavy atom. The van der Waals surface area contributed by atoms with Crippen molar-refractivity contribution in [2.24, 2.45) is 10.7 Å². The Bertz CT molecular complexity index is 698. The summed E-state index contributed by atoms with van der Waals surface area (Å²) >= 11 is 0. The van der Waals surface area contributed by atoms with Crippen LogP contribution in [0.1, 0.15) is 35.7 Å². The first-order valence-corrected chi connectivity index (χ1v) is 7.91. The third-order valence-electron chi connectivity index (χ3n) is 3.43. The molecule has 2 aromatic rings. The SMILES string of the molecule is CC(C)c1cccc(NC(N)=NCCNC(=O)c2cccnc2)c1. The Kier molecular flexibility index (Phi) is 6.31. The van der Waals surface area contributed by atoms with Gasteiger partial charge in [0.2, 0.25) is 0 Å². The van der Waals surface area contributed by atoms with E-state index in [4.69, 9.17) is 5.73 Å². The number of benzene rings is 1. The molecule has 1 amide bonds. The molecule has 0 aliphatic carbocycles. The molecule has 0 saturated heterocycles. The molecule has 2 rings (SSSR count). The lowest BCUT2D eigenvalue weighted by Gasteiger charge is -2.10. The summed E-state index contributed by atoms with van der Waals surface area (Å²) in [6, 6.07) is 11.5. The number of carbonyl (C=O) groups is 1. The van der Waals surface area contributed by atoms with Gasteiger partial charge >= 0.3 is 0 Å². The van der Waals surface area contributed by atoms with Crippen molar-refractivity contribution in [2.45, 2.75) is 19.8 Å². The van der Waals surface area contributed by atoms with E-state index >= 15 is 0 Å². The summed E-state index contributed by atoms with van der Waals surface area (Å²) in [6.07, 6.45) is 3.15. The summed E-state index contributed by atoms with van der Waals surface area (Å²) in [7, 11) is 0. The highest BCUT2D eigenvalue weighted by atomic mass is 16.1. The highest BCUT2D eigenvalue weighted by Gasteiger charge is 2.04. The average Bonchev–Trinajstić information content (AvgIpc) is 2.59. The van der Waals surface area contributed by atoms with E-state index in [-0.39, 0.29) is 5.91 Å². The van der Waals surface area contributed by atoms with Gasteiger partial charge in [0.05, 0.1) is 12.1 Å². The lowest BCUT2D eigenvalue weighted by Crippen LogP contribution is -2.28. The maximum absolute atomic E-state index is 11.8. The number of guanidine groups is 1. The summed E-state index contributed by atoms with van der Waals surface area (Å²) in [5.41, 5.74) is 8.54. The monoisotopic (exact) mass is 325 g/mol. The molecule has 4 N–H and O–H groups in total. The number of aromatic nitrogens is 1. The number of aliphatic imine (C=N–C) groups is 1. The number of hydrogen-bond donors (Lipinski definition) is 3. The second-order valence-corrected chi connectivity index (χ2v) is 5.67. The Balaban J connectivity index is 1.80. The Morgan fingerprint density at radius 2 is 2.12 bits per heavy atom. The van der Waals surface area contributed by atoms with E-state index in [1.165, 1.54) is 11.8 Å². The summed E-state index contributed by atoms with van der Waals surface area (Å²) in [6.45, 7) is 5.08. The standard InChI is InChI=1S/C18H23N5O/c1-13(2)14-5-3-7-16(11-14)23-18(19)22-10-9-21-17(24)15-6-4-8-20-12-15/h3-8,11-13H,9-10H2,1-2H3,(H,21,24)(H3,19,22,23). The number of nitrogens with one attached hydrogen (secondary N) is 2. The highest BCUT2D eigenvalue weighted by Crippen LogP contribution is 2.18. The van der Waals surface area contributed by atoms with Crippen molar-refractivity contribution in [2.75, 3.05) is 18.4 Å². The zero-order valence-electron chi connectivity index (χ0n) is 14.0. The molecule has 1 aromatic carbocycles. The fourth-order valence-electron chi connectivity index (χ4n) is 2.11. The minimum absolute atomic E-state index is 0.172. The first-order valence-electron chi connectivity index (χ1n) is 7.91. The van der Waals surface area contributed by atoms with Crippen molar-refractivity contribution in [1.29, 1.82) is 0 Å². The lowest BCUT2D eigenvalue weighted by atomic mass is 10.0. The van der Waals surface area contributed by atoms with Crippen molar-refractivity contribution in [1.82, 2.24) is 10.3 Å². The molecule has 0 saturated carbocycles. The van der Waals surface area contributed by atoms with Gasteiger partial charge < -0.3 is 16.4 Å². The second-order valence-electron chi connectivity index (χ2n) is 5.67. The van der Waals surface area contributed by atoms with Gasteiger partial charge in [-0.2, -0.15) is 0 Å². The number of anilines is 1. The molecular weight excluding hydrogens is 302 g/mol. The lowest BCUT2D eigenvalue weighted by molar-refractivity contribution is 0.0954. The van der Waals surface area contributed by atoms with Crippen molar-refractivity contribution < 1.29 is 4.79 Å². The van der Waals surface area contributed by atoms with Crippen molar-refractivity contribution in [3.05, 3.63) is 59.9 Å². The van der Waals surface area contributed by atoms with Crippen LogP contribution in [0.5, 0.6) is 0 Å². The van der Waals surface area contributed by atoms with Gasteiger partial charge in [-0.3, -0.25) is 14.8 Å². The highest BCUT2D eigenvalue weighted by molar-refractivity contribution is 5.94. The van der Waals surface area contributed by atoms with E-state index in [1.54, 1.807) is 18.3 Å². The van der Waals surface area contributed by atoms with E-state index < -0.39 is 0 Å². The first kappa shape index (κ1) is 17.5. The van der Waals surface area contributed by atoms with Crippen LogP contribution in [0.15, 0.2) is 53.8 Å². The van der Waals surface area contributed by atoms with Gasteiger partial charge in [-0.05, 0) is 35.7 Å². The third kappa shape index (κ3) is 5.39. The van der Waals surface area contributed by atoms with Gasteiger partial charge in [-0.25, -0.2) is 0 Å². The fraction of sp³-hybridized carbons (Fsp3) is 0.278. The quantitative estimate of drug-likeness (QED) is 0.432. The average molecular weight is 325 g/mol. The Labute approximate surface area is 142 Å². The molecule has 0 aliphatic rings. The topological polar surface area (TPSA) is 92.4 Å². The molecule has 6 heteroatoms. The van der Waals surface area contributed by atoms with Gasteiger partial charge in [0, 0.05) is 24.6 Å². The maximum atomic E-state index is 11.8. The number of nitrogens with two attached hydrogens (primary N) is 1. The molecule has 0 unspecified atom stereocenters. The minimum atomic E-state index is -0.172. The third-order valence-corrected chi connectivity index (χ3v) is 3.43. The van der Waals surface area contributed by atoms with Crippen LogP contribution in [0.3, 0.4) is 0 Å². The second kappa shape index (κ2) is 8.67. The number of hydrogen-bond acceptors (Lipinski definition) is 3. The number of rotatable bonds is 6. The van der Waals surface area contributed by atoms with Crippen LogP contribution < -0.4 is 16.4 Å². The molecule has 6 nitrogen and oxygen atoms in total. The maximum Gasteiger partial charge on any atom is 0.252 e. The van der Waals surface area contributed by atoms with Crippen LogP contribution in [0.4, 0.5) is 5.69 Å². The largest absolute Gasteiger partial charge is 0.370 e. The summed E-state index contributed by atoms with van der Waals surface area (Å²) in [5.74, 6) is 0.605. The molecule has 1 heterocycles. The van der Waals surface area contributed by atoms with Crippen LogP contribution in [0, 0.1) is 0 Å². The normalized spacial score (nSPS) is 11.4. The number of amides is 1. The van der Waals surface area contributed by atoms with Gasteiger partial charge in [0.15, 0.2) is 5.96 Å². The predicted molar refractivity (Wildman–Crippen MR) is 97.2 cm³/mol. The van der Waals surface area contributed by atoms with Gasteiger partial charge in [-0.1, -0.05) is 26.0 Å². The van der Waals surface area contributed by atoms with Gasteiger partial charge in [-0.15, -0.1) is 0 Å². The summed E-state index contributed by atoms with van der Waals surface area (Å²) in [4.78, 5) is 20.0.